The summed E-state index contributed by atoms with van der Waals surface area (Å²) >= 11 is 11.8. The van der Waals surface area contributed by atoms with Crippen LogP contribution in [0.3, 0.4) is 0 Å². The molecule has 8 heteroatoms. The Balaban J connectivity index is 1.90. The van der Waals surface area contributed by atoms with E-state index in [0.29, 0.717) is 21.2 Å². The average molecular weight is 384 g/mol. The van der Waals surface area contributed by atoms with Crippen LogP contribution in [0.4, 0.5) is 5.95 Å². The molecule has 0 aliphatic rings. The Hall–Kier alpha value is -3.14. The van der Waals surface area contributed by atoms with Gasteiger partial charge in [0.05, 0.1) is 22.0 Å². The number of aromatic nitrogens is 2. The summed E-state index contributed by atoms with van der Waals surface area (Å²) in [6.45, 7) is 0. The largest absolute Gasteiger partial charge is 0.290 e. The summed E-state index contributed by atoms with van der Waals surface area (Å²) in [6.07, 6.45) is 1.50. The molecule has 26 heavy (non-hydrogen) atoms. The first-order valence-corrected chi connectivity index (χ1v) is 8.18. The highest BCUT2D eigenvalue weighted by molar-refractivity contribution is 6.42. The minimum atomic E-state index is -0.548. The molecule has 1 aromatic heterocycles. The fourth-order valence-electron chi connectivity index (χ4n) is 2.20. The molecule has 0 bridgehead atoms. The first kappa shape index (κ1) is 17.7. The molecule has 0 radical (unpaired) electrons. The topological polar surface area (TPSA) is 93.9 Å². The van der Waals surface area contributed by atoms with Gasteiger partial charge in [-0.2, -0.15) is 10.4 Å². The van der Waals surface area contributed by atoms with E-state index in [9.17, 15) is 10.1 Å². The predicted molar refractivity (Wildman–Crippen MR) is 103 cm³/mol. The molecular weight excluding hydrogens is 373 g/mol. The van der Waals surface area contributed by atoms with Crippen LogP contribution in [-0.2, 0) is 0 Å². The van der Waals surface area contributed by atoms with Gasteiger partial charge >= 0.3 is 0 Å². The van der Waals surface area contributed by atoms with Gasteiger partial charge in [0.2, 0.25) is 5.95 Å². The molecule has 0 saturated carbocycles. The lowest BCUT2D eigenvalue weighted by Gasteiger charge is -2.06. The first-order valence-electron chi connectivity index (χ1n) is 7.42. The minimum Gasteiger partial charge on any atom is -0.290 e. The van der Waals surface area contributed by atoms with E-state index in [4.69, 9.17) is 23.2 Å². The number of rotatable bonds is 4. The molecule has 3 aromatic rings. The molecule has 0 saturated heterocycles. The monoisotopic (exact) mass is 383 g/mol. The lowest BCUT2D eigenvalue weighted by atomic mass is 10.1. The van der Waals surface area contributed by atoms with Crippen LogP contribution in [0.25, 0.3) is 11.3 Å². The number of hydrazone groups is 1. The van der Waals surface area contributed by atoms with Crippen molar-refractivity contribution >= 4 is 35.4 Å². The van der Waals surface area contributed by atoms with E-state index in [1.165, 1.54) is 6.21 Å². The summed E-state index contributed by atoms with van der Waals surface area (Å²) in [5, 5.41) is 14.1. The maximum Gasteiger partial charge on any atom is 0.270 e. The maximum atomic E-state index is 12.1. The number of anilines is 1. The van der Waals surface area contributed by atoms with Gasteiger partial charge in [0.1, 0.15) is 11.6 Å². The molecule has 0 fully saturated rings. The number of halogens is 2. The molecule has 3 rings (SSSR count). The van der Waals surface area contributed by atoms with Gasteiger partial charge in [0, 0.05) is 5.56 Å². The van der Waals surface area contributed by atoms with E-state index >= 15 is 0 Å². The zero-order valence-corrected chi connectivity index (χ0v) is 14.7. The van der Waals surface area contributed by atoms with Crippen LogP contribution in [0.1, 0.15) is 11.1 Å². The maximum absolute atomic E-state index is 12.1. The van der Waals surface area contributed by atoms with Crippen molar-refractivity contribution in [3.63, 3.8) is 0 Å². The Morgan fingerprint density at radius 3 is 2.62 bits per heavy atom. The number of aromatic amines is 1. The second kappa shape index (κ2) is 7.83. The Morgan fingerprint density at radius 1 is 1.15 bits per heavy atom. The quantitative estimate of drug-likeness (QED) is 0.524. The normalized spacial score (nSPS) is 10.7. The fraction of sp³-hybridized carbons (Fsp3) is 0. The summed E-state index contributed by atoms with van der Waals surface area (Å²) in [5.74, 6) is 0.115. The third-order valence-electron chi connectivity index (χ3n) is 3.41. The second-order valence-electron chi connectivity index (χ2n) is 5.16. The highest BCUT2D eigenvalue weighted by Gasteiger charge is 2.12. The summed E-state index contributed by atoms with van der Waals surface area (Å²) in [6, 6.07) is 15.9. The Labute approximate surface area is 158 Å². The number of benzene rings is 2. The lowest BCUT2D eigenvalue weighted by Crippen LogP contribution is -2.16. The molecule has 0 unspecified atom stereocenters. The molecule has 2 aromatic carbocycles. The highest BCUT2D eigenvalue weighted by atomic mass is 35.5. The molecule has 0 aliphatic carbocycles. The first-order chi connectivity index (χ1) is 12.6. The van der Waals surface area contributed by atoms with Crippen molar-refractivity contribution < 1.29 is 0 Å². The average Bonchev–Trinajstić information content (AvgIpc) is 2.65. The number of nitriles is 1. The van der Waals surface area contributed by atoms with Gasteiger partial charge in [0.25, 0.3) is 5.56 Å². The number of hydrogen-bond donors (Lipinski definition) is 2. The van der Waals surface area contributed by atoms with Crippen molar-refractivity contribution in [2.45, 2.75) is 0 Å². The van der Waals surface area contributed by atoms with E-state index in [0.717, 1.165) is 0 Å². The molecule has 0 amide bonds. The number of nitrogens with zero attached hydrogens (tertiary/aromatic N) is 3. The van der Waals surface area contributed by atoms with Crippen LogP contribution < -0.4 is 11.0 Å². The van der Waals surface area contributed by atoms with Crippen molar-refractivity contribution in [1.82, 2.24) is 9.97 Å². The van der Waals surface area contributed by atoms with Gasteiger partial charge < -0.3 is 0 Å². The van der Waals surface area contributed by atoms with E-state index in [2.05, 4.69) is 20.5 Å². The fourth-order valence-corrected chi connectivity index (χ4v) is 2.50. The zero-order chi connectivity index (χ0) is 18.5. The molecular formula is C18H11Cl2N5O. The summed E-state index contributed by atoms with van der Waals surface area (Å²) in [5.41, 5.74) is 3.69. The number of hydrogen-bond acceptors (Lipinski definition) is 5. The highest BCUT2D eigenvalue weighted by Crippen LogP contribution is 2.22. The minimum absolute atomic E-state index is 0.0600. The number of H-pyrrole nitrogens is 1. The zero-order valence-electron chi connectivity index (χ0n) is 13.2. The predicted octanol–water partition coefficient (Wildman–Crippen LogP) is 4.06. The third-order valence-corrected chi connectivity index (χ3v) is 4.15. The van der Waals surface area contributed by atoms with Gasteiger partial charge in [-0.1, -0.05) is 59.6 Å². The smallest absolute Gasteiger partial charge is 0.270 e. The van der Waals surface area contributed by atoms with E-state index < -0.39 is 5.56 Å². The van der Waals surface area contributed by atoms with Crippen LogP contribution >= 0.6 is 23.2 Å². The van der Waals surface area contributed by atoms with Crippen molar-refractivity contribution in [1.29, 1.82) is 5.26 Å². The van der Waals surface area contributed by atoms with Gasteiger partial charge in [-0.3, -0.25) is 9.78 Å². The van der Waals surface area contributed by atoms with Crippen molar-refractivity contribution in [3.05, 3.63) is 80.1 Å². The van der Waals surface area contributed by atoms with Crippen LogP contribution in [0.15, 0.2) is 58.4 Å². The lowest BCUT2D eigenvalue weighted by molar-refractivity contribution is 1.08. The van der Waals surface area contributed by atoms with Crippen LogP contribution in [0.5, 0.6) is 0 Å². The van der Waals surface area contributed by atoms with Crippen molar-refractivity contribution in [2.24, 2.45) is 5.10 Å². The van der Waals surface area contributed by atoms with E-state index in [1.54, 1.807) is 42.5 Å². The Bertz CT molecular complexity index is 1070. The van der Waals surface area contributed by atoms with Crippen molar-refractivity contribution in [3.8, 4) is 17.3 Å². The molecule has 1 heterocycles. The van der Waals surface area contributed by atoms with Crippen LogP contribution in [0, 0.1) is 11.3 Å². The van der Waals surface area contributed by atoms with E-state index in [1.807, 2.05) is 12.1 Å². The summed E-state index contributed by atoms with van der Waals surface area (Å²) < 4.78 is 0. The van der Waals surface area contributed by atoms with Gasteiger partial charge in [-0.05, 0) is 17.7 Å². The van der Waals surface area contributed by atoms with Gasteiger partial charge in [-0.15, -0.1) is 0 Å². The molecule has 0 aliphatic heterocycles. The van der Waals surface area contributed by atoms with Crippen LogP contribution in [-0.4, -0.2) is 16.2 Å². The summed E-state index contributed by atoms with van der Waals surface area (Å²) in [7, 11) is 0. The third kappa shape index (κ3) is 3.91. The number of nitrogens with one attached hydrogen (secondary N) is 2. The standard InChI is InChI=1S/C18H11Cl2N5O/c19-14-7-6-11(8-15(14)20)10-22-25-18-23-16(12-4-2-1-3-5-12)13(9-21)17(26)24-18/h1-8,10H,(H2,23,24,25,26). The van der Waals surface area contributed by atoms with Gasteiger partial charge in [-0.25, -0.2) is 10.4 Å². The van der Waals surface area contributed by atoms with E-state index in [-0.39, 0.29) is 17.2 Å². The van der Waals surface area contributed by atoms with Gasteiger partial charge in [0.15, 0.2) is 0 Å². The Morgan fingerprint density at radius 2 is 1.92 bits per heavy atom. The second-order valence-corrected chi connectivity index (χ2v) is 5.97. The molecule has 0 spiro atoms. The SMILES string of the molecule is N#Cc1c(-c2ccccc2)nc(NN=Cc2ccc(Cl)c(Cl)c2)[nH]c1=O. The molecule has 2 N–H and O–H groups in total. The molecule has 0 atom stereocenters. The van der Waals surface area contributed by atoms with Crippen molar-refractivity contribution in [2.75, 3.05) is 5.43 Å². The Kier molecular flexibility index (Phi) is 5.32. The summed E-state index contributed by atoms with van der Waals surface area (Å²) in [4.78, 5) is 18.9. The molecule has 128 valence electrons. The van der Waals surface area contributed by atoms with Crippen LogP contribution in [0.2, 0.25) is 10.0 Å². The molecule has 6 nitrogen and oxygen atoms in total.